The number of rotatable bonds is 6. The van der Waals surface area contributed by atoms with Crippen molar-refractivity contribution in [3.8, 4) is 0 Å². The number of hydrogen-bond donors (Lipinski definition) is 2. The highest BCUT2D eigenvalue weighted by Gasteiger charge is 2.33. The first-order valence-corrected chi connectivity index (χ1v) is 7.05. The Morgan fingerprint density at radius 1 is 1.58 bits per heavy atom. The molecule has 6 nitrogen and oxygen atoms in total. The summed E-state index contributed by atoms with van der Waals surface area (Å²) >= 11 is 0. The fourth-order valence-corrected chi connectivity index (χ4v) is 2.41. The minimum Gasteiger partial charge on any atom is -0.481 e. The van der Waals surface area contributed by atoms with E-state index in [0.717, 1.165) is 12.3 Å². The Balaban J connectivity index is 2.94. The number of sulfonamides is 1. The van der Waals surface area contributed by atoms with Gasteiger partial charge in [0.2, 0.25) is 5.03 Å². The standard InChI is InChI=1S/C11H15FN2O4S/c1-3-11(2,10(15)16)7-14-19(17,18)9-8(12)5-4-6-13-9/h4-6,14H,3,7H2,1-2H3,(H,15,16). The topological polar surface area (TPSA) is 96.4 Å². The Morgan fingerprint density at radius 2 is 2.21 bits per heavy atom. The van der Waals surface area contributed by atoms with Crippen molar-refractivity contribution in [1.82, 2.24) is 9.71 Å². The predicted molar refractivity (Wildman–Crippen MR) is 65.4 cm³/mol. The van der Waals surface area contributed by atoms with Gasteiger partial charge in [-0.3, -0.25) is 4.79 Å². The highest BCUT2D eigenvalue weighted by molar-refractivity contribution is 7.89. The largest absolute Gasteiger partial charge is 0.481 e. The van der Waals surface area contributed by atoms with Crippen molar-refractivity contribution in [3.63, 3.8) is 0 Å². The molecular formula is C11H15FN2O4S. The highest BCUT2D eigenvalue weighted by Crippen LogP contribution is 2.21. The molecule has 0 aromatic carbocycles. The molecule has 0 amide bonds. The van der Waals surface area contributed by atoms with Gasteiger partial charge in [0.05, 0.1) is 5.41 Å². The Kier molecular flexibility index (Phi) is 4.59. The quantitative estimate of drug-likeness (QED) is 0.814. The van der Waals surface area contributed by atoms with Crippen LogP contribution in [-0.4, -0.2) is 31.0 Å². The molecule has 0 spiro atoms. The third kappa shape index (κ3) is 3.48. The molecule has 0 aliphatic rings. The maximum absolute atomic E-state index is 13.3. The maximum atomic E-state index is 13.3. The monoisotopic (exact) mass is 290 g/mol. The summed E-state index contributed by atoms with van der Waals surface area (Å²) in [7, 11) is -4.17. The van der Waals surface area contributed by atoms with Crippen LogP contribution < -0.4 is 4.72 Å². The minimum absolute atomic E-state index is 0.232. The first-order chi connectivity index (χ1) is 8.73. The number of carboxylic acid groups (broad SMARTS) is 1. The van der Waals surface area contributed by atoms with Gasteiger partial charge in [0, 0.05) is 12.7 Å². The third-order valence-electron chi connectivity index (χ3n) is 2.93. The van der Waals surface area contributed by atoms with E-state index in [2.05, 4.69) is 9.71 Å². The van der Waals surface area contributed by atoms with Gasteiger partial charge >= 0.3 is 5.97 Å². The lowest BCUT2D eigenvalue weighted by atomic mass is 9.88. The number of nitrogens with one attached hydrogen (secondary N) is 1. The molecule has 19 heavy (non-hydrogen) atoms. The second-order valence-corrected chi connectivity index (χ2v) is 6.02. The first-order valence-electron chi connectivity index (χ1n) is 5.56. The second-order valence-electron chi connectivity index (χ2n) is 4.33. The molecule has 0 aliphatic carbocycles. The smallest absolute Gasteiger partial charge is 0.310 e. The van der Waals surface area contributed by atoms with E-state index >= 15 is 0 Å². The second kappa shape index (κ2) is 5.62. The van der Waals surface area contributed by atoms with Gasteiger partial charge in [0.1, 0.15) is 0 Å². The van der Waals surface area contributed by atoms with Gasteiger partial charge in [-0.15, -0.1) is 0 Å². The molecule has 1 aromatic rings. The fraction of sp³-hybridized carbons (Fsp3) is 0.455. The number of hydrogen-bond acceptors (Lipinski definition) is 4. The van der Waals surface area contributed by atoms with Crippen LogP contribution >= 0.6 is 0 Å². The van der Waals surface area contributed by atoms with Crippen molar-refractivity contribution in [3.05, 3.63) is 24.1 Å². The Hall–Kier alpha value is -1.54. The predicted octanol–water partition coefficient (Wildman–Crippen LogP) is 1.000. The summed E-state index contributed by atoms with van der Waals surface area (Å²) < 4.78 is 39.1. The zero-order valence-electron chi connectivity index (χ0n) is 10.6. The number of aliphatic carboxylic acids is 1. The lowest BCUT2D eigenvalue weighted by Crippen LogP contribution is -2.41. The van der Waals surface area contributed by atoms with E-state index in [1.54, 1.807) is 6.92 Å². The molecule has 1 heterocycles. The van der Waals surface area contributed by atoms with Crippen LogP contribution in [0.4, 0.5) is 4.39 Å². The van der Waals surface area contributed by atoms with E-state index in [1.807, 2.05) is 0 Å². The van der Waals surface area contributed by atoms with Crippen LogP contribution in [0.1, 0.15) is 20.3 Å². The highest BCUT2D eigenvalue weighted by atomic mass is 32.2. The number of nitrogens with zero attached hydrogens (tertiary/aromatic N) is 1. The van der Waals surface area contributed by atoms with Crippen LogP contribution in [0.25, 0.3) is 0 Å². The van der Waals surface area contributed by atoms with Gasteiger partial charge in [-0.05, 0) is 25.5 Å². The molecule has 1 atom stereocenters. The number of carbonyl (C=O) groups is 1. The molecule has 0 bridgehead atoms. The fourth-order valence-electron chi connectivity index (χ4n) is 1.24. The van der Waals surface area contributed by atoms with Gasteiger partial charge in [0.25, 0.3) is 10.0 Å². The molecule has 0 aliphatic heterocycles. The zero-order chi connectivity index (χ0) is 14.7. The van der Waals surface area contributed by atoms with Gasteiger partial charge < -0.3 is 5.11 Å². The summed E-state index contributed by atoms with van der Waals surface area (Å²) in [5, 5.41) is 8.29. The van der Waals surface area contributed by atoms with Crippen LogP contribution in [0.3, 0.4) is 0 Å². The van der Waals surface area contributed by atoms with Gasteiger partial charge in [-0.2, -0.15) is 0 Å². The zero-order valence-corrected chi connectivity index (χ0v) is 11.4. The molecule has 0 fully saturated rings. The van der Waals surface area contributed by atoms with Crippen molar-refractivity contribution in [2.45, 2.75) is 25.3 Å². The van der Waals surface area contributed by atoms with Crippen LogP contribution in [-0.2, 0) is 14.8 Å². The van der Waals surface area contributed by atoms with Crippen molar-refractivity contribution in [2.24, 2.45) is 5.41 Å². The van der Waals surface area contributed by atoms with Crippen LogP contribution in [0, 0.1) is 11.2 Å². The van der Waals surface area contributed by atoms with Crippen molar-refractivity contribution < 1.29 is 22.7 Å². The van der Waals surface area contributed by atoms with Crippen molar-refractivity contribution in [1.29, 1.82) is 0 Å². The molecule has 0 saturated carbocycles. The molecule has 2 N–H and O–H groups in total. The van der Waals surface area contributed by atoms with E-state index in [9.17, 15) is 17.6 Å². The van der Waals surface area contributed by atoms with E-state index in [4.69, 9.17) is 5.11 Å². The maximum Gasteiger partial charge on any atom is 0.310 e. The normalized spacial score (nSPS) is 14.9. The van der Waals surface area contributed by atoms with E-state index < -0.39 is 32.3 Å². The summed E-state index contributed by atoms with van der Waals surface area (Å²) in [6, 6.07) is 2.24. The summed E-state index contributed by atoms with van der Waals surface area (Å²) in [6.45, 7) is 2.70. The molecule has 1 rings (SSSR count). The van der Waals surface area contributed by atoms with E-state index in [0.29, 0.717) is 0 Å². The average molecular weight is 290 g/mol. The number of pyridine rings is 1. The summed E-state index contributed by atoms with van der Waals surface area (Å²) in [4.78, 5) is 14.5. The molecule has 106 valence electrons. The summed E-state index contributed by atoms with van der Waals surface area (Å²) in [5.74, 6) is -2.11. The lowest BCUT2D eigenvalue weighted by Gasteiger charge is -2.22. The Labute approximate surface area is 110 Å². The van der Waals surface area contributed by atoms with Gasteiger partial charge in [-0.25, -0.2) is 22.5 Å². The first kappa shape index (κ1) is 15.5. The third-order valence-corrected chi connectivity index (χ3v) is 4.26. The van der Waals surface area contributed by atoms with Gasteiger partial charge in [0.15, 0.2) is 5.82 Å². The number of halogens is 1. The average Bonchev–Trinajstić information content (AvgIpc) is 2.36. The van der Waals surface area contributed by atoms with Crippen LogP contribution in [0.15, 0.2) is 23.4 Å². The Bertz CT molecular complexity index is 576. The minimum atomic E-state index is -4.17. The van der Waals surface area contributed by atoms with Gasteiger partial charge in [-0.1, -0.05) is 6.92 Å². The molecule has 0 radical (unpaired) electrons. The van der Waals surface area contributed by atoms with E-state index in [1.165, 1.54) is 13.0 Å². The number of carboxylic acids is 1. The van der Waals surface area contributed by atoms with Crippen molar-refractivity contribution >= 4 is 16.0 Å². The Morgan fingerprint density at radius 3 is 2.68 bits per heavy atom. The molecular weight excluding hydrogens is 275 g/mol. The van der Waals surface area contributed by atoms with Crippen LogP contribution in [0.5, 0.6) is 0 Å². The van der Waals surface area contributed by atoms with Crippen molar-refractivity contribution in [2.75, 3.05) is 6.54 Å². The van der Waals surface area contributed by atoms with E-state index in [-0.39, 0.29) is 13.0 Å². The molecule has 0 saturated heterocycles. The van der Waals surface area contributed by atoms with Crippen LogP contribution in [0.2, 0.25) is 0 Å². The lowest BCUT2D eigenvalue weighted by molar-refractivity contribution is -0.147. The molecule has 1 unspecified atom stereocenters. The number of aromatic nitrogens is 1. The SMILES string of the molecule is CCC(C)(CNS(=O)(=O)c1ncccc1F)C(=O)O. The molecule has 1 aromatic heterocycles. The molecule has 8 heteroatoms. The summed E-state index contributed by atoms with van der Waals surface area (Å²) in [5.41, 5.74) is -1.25. The summed E-state index contributed by atoms with van der Waals surface area (Å²) in [6.07, 6.45) is 1.38.